The Kier molecular flexibility index (Phi) is 4.50. The van der Waals surface area contributed by atoms with Gasteiger partial charge >= 0.3 is 0 Å². The lowest BCUT2D eigenvalue weighted by atomic mass is 10.3. The molecule has 1 saturated heterocycles. The molecule has 1 aliphatic rings. The van der Waals surface area contributed by atoms with Gasteiger partial charge in [-0.1, -0.05) is 0 Å². The topological polar surface area (TPSA) is 39.6 Å². The Labute approximate surface area is 107 Å². The highest BCUT2D eigenvalue weighted by molar-refractivity contribution is 7.09. The van der Waals surface area contributed by atoms with Crippen LogP contribution in [0.15, 0.2) is 5.38 Å². The predicted molar refractivity (Wildman–Crippen MR) is 70.4 cm³/mol. The van der Waals surface area contributed by atoms with Gasteiger partial charge in [0.15, 0.2) is 0 Å². The maximum atomic E-state index is 9.41. The molecule has 0 radical (unpaired) electrons. The summed E-state index contributed by atoms with van der Waals surface area (Å²) in [6.07, 6.45) is 0.560. The number of likely N-dealkylation sites (N-methyl/N-ethyl adjacent to an activating group) is 1. The van der Waals surface area contributed by atoms with Gasteiger partial charge in [-0.3, -0.25) is 0 Å². The van der Waals surface area contributed by atoms with Crippen LogP contribution in [0.2, 0.25) is 0 Å². The lowest BCUT2D eigenvalue weighted by Crippen LogP contribution is -2.45. The zero-order chi connectivity index (χ0) is 12.3. The van der Waals surface area contributed by atoms with Crippen molar-refractivity contribution in [2.75, 3.05) is 39.8 Å². The van der Waals surface area contributed by atoms with Crippen molar-refractivity contribution in [2.45, 2.75) is 19.4 Å². The van der Waals surface area contributed by atoms with Gasteiger partial charge in [-0.25, -0.2) is 4.98 Å². The molecule has 1 fully saturated rings. The molecule has 2 heterocycles. The summed E-state index contributed by atoms with van der Waals surface area (Å²) in [6, 6.07) is 0. The van der Waals surface area contributed by atoms with Crippen LogP contribution >= 0.6 is 11.3 Å². The van der Waals surface area contributed by atoms with Crippen LogP contribution in [-0.4, -0.2) is 59.7 Å². The molecule has 1 aromatic heterocycles. The SMILES string of the molecule is CC(O)c1csc(CCN2CCN(C)CC2)n1. The number of aliphatic hydroxyl groups excluding tert-OH is 1. The number of aromatic nitrogens is 1. The average molecular weight is 255 g/mol. The first kappa shape index (κ1) is 13.0. The fourth-order valence-corrected chi connectivity index (χ4v) is 2.83. The highest BCUT2D eigenvalue weighted by Gasteiger charge is 2.14. The summed E-state index contributed by atoms with van der Waals surface area (Å²) < 4.78 is 0. The van der Waals surface area contributed by atoms with Gasteiger partial charge in [0.05, 0.1) is 16.8 Å². The lowest BCUT2D eigenvalue weighted by molar-refractivity contribution is 0.155. The van der Waals surface area contributed by atoms with Crippen LogP contribution in [0, 0.1) is 0 Å². The molecule has 1 aromatic rings. The highest BCUT2D eigenvalue weighted by Crippen LogP contribution is 2.16. The first-order valence-electron chi connectivity index (χ1n) is 6.18. The van der Waals surface area contributed by atoms with Crippen LogP contribution < -0.4 is 0 Å². The van der Waals surface area contributed by atoms with E-state index >= 15 is 0 Å². The molecular weight excluding hydrogens is 234 g/mol. The van der Waals surface area contributed by atoms with E-state index in [4.69, 9.17) is 0 Å². The van der Waals surface area contributed by atoms with Crippen molar-refractivity contribution < 1.29 is 5.11 Å². The van der Waals surface area contributed by atoms with Crippen LogP contribution in [0.25, 0.3) is 0 Å². The maximum absolute atomic E-state index is 9.41. The summed E-state index contributed by atoms with van der Waals surface area (Å²) in [4.78, 5) is 9.30. The third-order valence-electron chi connectivity index (χ3n) is 3.24. The van der Waals surface area contributed by atoms with E-state index in [1.54, 1.807) is 18.3 Å². The van der Waals surface area contributed by atoms with Crippen molar-refractivity contribution in [1.29, 1.82) is 0 Å². The van der Waals surface area contributed by atoms with E-state index in [0.717, 1.165) is 49.8 Å². The molecule has 0 spiro atoms. The Morgan fingerprint density at radius 1 is 1.41 bits per heavy atom. The normalized spacial score (nSPS) is 20.6. The number of hydrogen-bond donors (Lipinski definition) is 1. The summed E-state index contributed by atoms with van der Waals surface area (Å²) in [5.41, 5.74) is 0.809. The van der Waals surface area contributed by atoms with Crippen molar-refractivity contribution in [1.82, 2.24) is 14.8 Å². The van der Waals surface area contributed by atoms with Crippen molar-refractivity contribution >= 4 is 11.3 Å². The summed E-state index contributed by atoms with van der Waals surface area (Å²) in [5, 5.41) is 12.5. The third kappa shape index (κ3) is 3.74. The molecule has 96 valence electrons. The van der Waals surface area contributed by atoms with Crippen molar-refractivity contribution in [3.8, 4) is 0 Å². The average Bonchev–Trinajstić information content (AvgIpc) is 2.77. The Bertz CT molecular complexity index is 345. The second-order valence-corrected chi connectivity index (χ2v) is 5.68. The molecule has 5 heteroatoms. The Morgan fingerprint density at radius 2 is 2.12 bits per heavy atom. The monoisotopic (exact) mass is 255 g/mol. The fraction of sp³-hybridized carbons (Fsp3) is 0.750. The summed E-state index contributed by atoms with van der Waals surface area (Å²) >= 11 is 1.66. The van der Waals surface area contributed by atoms with E-state index < -0.39 is 6.10 Å². The van der Waals surface area contributed by atoms with E-state index in [1.165, 1.54) is 0 Å². The molecule has 0 bridgehead atoms. The van der Waals surface area contributed by atoms with E-state index in [-0.39, 0.29) is 0 Å². The second-order valence-electron chi connectivity index (χ2n) is 4.74. The van der Waals surface area contributed by atoms with Gasteiger partial charge in [0.25, 0.3) is 0 Å². The van der Waals surface area contributed by atoms with Crippen molar-refractivity contribution in [2.24, 2.45) is 0 Å². The molecular formula is C12H21N3OS. The number of thiazole rings is 1. The zero-order valence-electron chi connectivity index (χ0n) is 10.6. The van der Waals surface area contributed by atoms with Crippen molar-refractivity contribution in [3.63, 3.8) is 0 Å². The van der Waals surface area contributed by atoms with Crippen LogP contribution in [0.4, 0.5) is 0 Å². The first-order chi connectivity index (χ1) is 8.15. The number of aliphatic hydroxyl groups is 1. The van der Waals surface area contributed by atoms with Gasteiger partial charge < -0.3 is 14.9 Å². The molecule has 0 aliphatic carbocycles. The minimum Gasteiger partial charge on any atom is -0.387 e. The number of nitrogens with zero attached hydrogens (tertiary/aromatic N) is 3. The van der Waals surface area contributed by atoms with E-state index in [2.05, 4.69) is 21.8 Å². The van der Waals surface area contributed by atoms with Gasteiger partial charge in [0.1, 0.15) is 0 Å². The molecule has 0 amide bonds. The molecule has 2 rings (SSSR count). The standard InChI is InChI=1S/C12H21N3OS/c1-10(16)11-9-17-12(13-11)3-4-15-7-5-14(2)6-8-15/h9-10,16H,3-8H2,1-2H3. The molecule has 1 atom stereocenters. The van der Waals surface area contributed by atoms with E-state index in [1.807, 2.05) is 5.38 Å². The first-order valence-corrected chi connectivity index (χ1v) is 7.06. The van der Waals surface area contributed by atoms with Gasteiger partial charge in [0.2, 0.25) is 0 Å². The summed E-state index contributed by atoms with van der Waals surface area (Å²) in [6.45, 7) is 7.49. The van der Waals surface area contributed by atoms with Crippen LogP contribution in [0.5, 0.6) is 0 Å². The highest BCUT2D eigenvalue weighted by atomic mass is 32.1. The zero-order valence-corrected chi connectivity index (χ0v) is 11.4. The smallest absolute Gasteiger partial charge is 0.0942 e. The van der Waals surface area contributed by atoms with Crippen LogP contribution in [0.1, 0.15) is 23.7 Å². The molecule has 1 aliphatic heterocycles. The Balaban J connectivity index is 1.77. The van der Waals surface area contributed by atoms with Gasteiger partial charge in [-0.05, 0) is 14.0 Å². The minimum atomic E-state index is -0.441. The summed E-state index contributed by atoms with van der Waals surface area (Å²) in [5.74, 6) is 0. The fourth-order valence-electron chi connectivity index (χ4n) is 1.96. The minimum absolute atomic E-state index is 0.441. The van der Waals surface area contributed by atoms with Gasteiger partial charge in [0, 0.05) is 44.5 Å². The van der Waals surface area contributed by atoms with E-state index in [0.29, 0.717) is 0 Å². The summed E-state index contributed by atoms with van der Waals surface area (Å²) in [7, 11) is 2.17. The Hall–Kier alpha value is -0.490. The van der Waals surface area contributed by atoms with Gasteiger partial charge in [-0.15, -0.1) is 11.3 Å². The van der Waals surface area contributed by atoms with E-state index in [9.17, 15) is 5.11 Å². The number of hydrogen-bond acceptors (Lipinski definition) is 5. The quantitative estimate of drug-likeness (QED) is 0.871. The largest absolute Gasteiger partial charge is 0.387 e. The van der Waals surface area contributed by atoms with Crippen LogP contribution in [0.3, 0.4) is 0 Å². The molecule has 1 N–H and O–H groups in total. The van der Waals surface area contributed by atoms with Gasteiger partial charge in [-0.2, -0.15) is 0 Å². The number of piperazine rings is 1. The molecule has 4 nitrogen and oxygen atoms in total. The molecule has 0 saturated carbocycles. The third-order valence-corrected chi connectivity index (χ3v) is 4.16. The maximum Gasteiger partial charge on any atom is 0.0942 e. The molecule has 17 heavy (non-hydrogen) atoms. The lowest BCUT2D eigenvalue weighted by Gasteiger charge is -2.32. The Morgan fingerprint density at radius 3 is 2.71 bits per heavy atom. The molecule has 0 aromatic carbocycles. The molecule has 1 unspecified atom stereocenters. The van der Waals surface area contributed by atoms with Crippen LogP contribution in [-0.2, 0) is 6.42 Å². The second kappa shape index (κ2) is 5.91. The predicted octanol–water partition coefficient (Wildman–Crippen LogP) is 0.986. The van der Waals surface area contributed by atoms with Crippen molar-refractivity contribution in [3.05, 3.63) is 16.1 Å². The number of rotatable bonds is 4.